The van der Waals surface area contributed by atoms with Gasteiger partial charge in [-0.2, -0.15) is 0 Å². The number of benzene rings is 4. The molecule has 0 N–H and O–H groups in total. The van der Waals surface area contributed by atoms with E-state index < -0.39 is 0 Å². The van der Waals surface area contributed by atoms with Gasteiger partial charge in [0.25, 0.3) is 0 Å². The van der Waals surface area contributed by atoms with Crippen LogP contribution in [0.3, 0.4) is 0 Å². The first-order valence-electron chi connectivity index (χ1n) is 26.9. The third-order valence-corrected chi connectivity index (χ3v) is 18.1. The fraction of sp³-hybridized carbons (Fsp3) is 0.559. The van der Waals surface area contributed by atoms with Crippen LogP contribution in [-0.2, 0) is 36.6 Å². The molecule has 0 bridgehead atoms. The minimum Gasteiger partial charge on any atom is -0.376 e. The molecule has 3 saturated heterocycles. The van der Waals surface area contributed by atoms with E-state index in [0.717, 1.165) is 72.8 Å². The van der Waals surface area contributed by atoms with Crippen LogP contribution in [0.4, 0.5) is 0 Å². The number of thioether (sulfide) groups is 1. The topological polar surface area (TPSA) is 71.6 Å². The molecule has 3 aliphatic carbocycles. The van der Waals surface area contributed by atoms with Crippen molar-refractivity contribution in [1.29, 1.82) is 0 Å². The highest BCUT2D eigenvalue weighted by Gasteiger charge is 2.37. The Labute approximate surface area is 490 Å². The van der Waals surface area contributed by atoms with E-state index in [-0.39, 0.29) is 55.3 Å². The van der Waals surface area contributed by atoms with Gasteiger partial charge < -0.3 is 14.2 Å². The van der Waals surface area contributed by atoms with Crippen molar-refractivity contribution < 1.29 is 23.8 Å². The summed E-state index contributed by atoms with van der Waals surface area (Å²) >= 11 is 26.9. The van der Waals surface area contributed by atoms with Crippen molar-refractivity contribution in [3.05, 3.63) is 139 Å². The normalized spacial score (nSPS) is 24.3. The zero-order chi connectivity index (χ0) is 50.1. The minimum absolute atomic E-state index is 0. The van der Waals surface area contributed by atoms with Crippen LogP contribution in [0.15, 0.2) is 97.1 Å². The number of hydrogen-bond donors (Lipinski definition) is 0. The second-order valence-corrected chi connectivity index (χ2v) is 23.1. The fourth-order valence-corrected chi connectivity index (χ4v) is 14.0. The molecule has 0 spiro atoms. The van der Waals surface area contributed by atoms with E-state index in [9.17, 15) is 9.59 Å². The molecule has 3 aliphatic heterocycles. The van der Waals surface area contributed by atoms with Gasteiger partial charge in [-0.3, -0.25) is 24.3 Å². The number of ether oxygens (including phenoxy) is 3. The van der Waals surface area contributed by atoms with Crippen LogP contribution < -0.4 is 0 Å². The Kier molecular flexibility index (Phi) is 29.0. The van der Waals surface area contributed by atoms with Crippen molar-refractivity contribution in [1.82, 2.24) is 14.7 Å². The predicted octanol–water partition coefficient (Wildman–Crippen LogP) is 14.7. The summed E-state index contributed by atoms with van der Waals surface area (Å²) in [5, 5.41) is 2.89. The molecule has 6 aliphatic rings. The van der Waals surface area contributed by atoms with Gasteiger partial charge in [-0.05, 0) is 97.9 Å². The van der Waals surface area contributed by atoms with Gasteiger partial charge in [0.15, 0.2) is 0 Å². The van der Waals surface area contributed by atoms with Gasteiger partial charge in [-0.25, -0.2) is 0 Å². The molecule has 6 atom stereocenters. The highest BCUT2D eigenvalue weighted by atomic mass is 35.5. The molecule has 6 fully saturated rings. The van der Waals surface area contributed by atoms with Gasteiger partial charge in [0.1, 0.15) is 11.6 Å². The first-order valence-corrected chi connectivity index (χ1v) is 29.5. The van der Waals surface area contributed by atoms with Crippen LogP contribution in [0.25, 0.3) is 0 Å². The van der Waals surface area contributed by atoms with E-state index in [1.54, 1.807) is 0 Å². The van der Waals surface area contributed by atoms with Crippen LogP contribution >= 0.6 is 95.4 Å². The lowest BCUT2D eigenvalue weighted by Gasteiger charge is -2.38. The molecule has 75 heavy (non-hydrogen) atoms. The molecular formula is C59H78Cl7N3O5S. The van der Waals surface area contributed by atoms with Gasteiger partial charge in [0.05, 0.1) is 51.2 Å². The molecule has 0 radical (unpaired) electrons. The molecular weight excluding hydrogens is 1110 g/mol. The van der Waals surface area contributed by atoms with Gasteiger partial charge in [-0.15, -0.1) is 49.0 Å². The highest BCUT2D eigenvalue weighted by Crippen LogP contribution is 2.34. The number of carbonyl (C=O) groups excluding carboxylic acids is 2. The Morgan fingerprint density at radius 1 is 0.480 bits per heavy atom. The summed E-state index contributed by atoms with van der Waals surface area (Å²) in [6.07, 6.45) is 18.2. The molecule has 10 rings (SSSR count). The lowest BCUT2D eigenvalue weighted by Crippen LogP contribution is -2.46. The number of likely N-dealkylation sites (tertiary alicyclic amines) is 2. The van der Waals surface area contributed by atoms with E-state index in [2.05, 4.69) is 75.4 Å². The first-order chi connectivity index (χ1) is 35.2. The number of hydrogen-bond acceptors (Lipinski definition) is 9. The maximum absolute atomic E-state index is 11.8. The number of rotatable bonds is 16. The Morgan fingerprint density at radius 2 is 0.867 bits per heavy atom. The molecule has 414 valence electrons. The molecule has 8 nitrogen and oxygen atoms in total. The van der Waals surface area contributed by atoms with Crippen LogP contribution in [0.1, 0.15) is 118 Å². The van der Waals surface area contributed by atoms with Crippen molar-refractivity contribution in [3.63, 3.8) is 0 Å². The van der Waals surface area contributed by atoms with Crippen molar-refractivity contribution >= 4 is 107 Å². The van der Waals surface area contributed by atoms with Crippen molar-refractivity contribution in [3.8, 4) is 0 Å². The second-order valence-electron chi connectivity index (χ2n) is 20.4. The molecule has 4 aromatic carbocycles. The summed E-state index contributed by atoms with van der Waals surface area (Å²) in [7, 11) is 0. The van der Waals surface area contributed by atoms with E-state index >= 15 is 0 Å². The lowest BCUT2D eigenvalue weighted by atomic mass is 9.90. The van der Waals surface area contributed by atoms with Crippen molar-refractivity contribution in [2.24, 2.45) is 0 Å². The average Bonchev–Trinajstić information content (AvgIpc) is 4.21. The van der Waals surface area contributed by atoms with E-state index in [0.29, 0.717) is 91.6 Å². The van der Waals surface area contributed by atoms with Crippen LogP contribution in [0.5, 0.6) is 0 Å². The van der Waals surface area contributed by atoms with Crippen LogP contribution in [0.2, 0.25) is 20.1 Å². The lowest BCUT2D eigenvalue weighted by molar-refractivity contribution is -0.118. The zero-order valence-corrected chi connectivity index (χ0v) is 49.5. The van der Waals surface area contributed by atoms with Gasteiger partial charge in [0, 0.05) is 88.2 Å². The molecule has 16 heteroatoms. The first kappa shape index (κ1) is 64.2. The maximum Gasteiger partial charge on any atom is 0.148 e. The van der Waals surface area contributed by atoms with Crippen LogP contribution in [0, 0.1) is 0 Å². The summed E-state index contributed by atoms with van der Waals surface area (Å²) in [5.74, 6) is 3.41. The highest BCUT2D eigenvalue weighted by molar-refractivity contribution is 7.99. The Morgan fingerprint density at radius 3 is 1.24 bits per heavy atom. The van der Waals surface area contributed by atoms with E-state index in [1.165, 1.54) is 80.7 Å². The Hall–Kier alpha value is -1.64. The quantitative estimate of drug-likeness (QED) is 0.109. The molecule has 3 unspecified atom stereocenters. The molecule has 4 aromatic rings. The monoisotopic (exact) mass is 1190 g/mol. The summed E-state index contributed by atoms with van der Waals surface area (Å²) in [6, 6.07) is 34.0. The standard InChI is InChI=1S/C24H29NO2.C18H23Cl2NO2.C17H23Cl2NOS.3ClH/c26-21-15-16-25(17-21)23-13-7-8-14-24(23)27-18-22(19-9-3-1-4-10-19)20-11-5-2-6-12-20;19-15-4-3-5-16(20)14(15)9-11-23-18-7-2-1-6-17(18)21-10-8-13(22)12-21;18-14-4-3-5-15(19)13(14)8-10-21-17-7-2-1-6-16(17)20-9-11-22-12-20;;;/h1-6,9-12,22-24H,7-8,13-18H2;3-5,17-18H,1-2,6-12H2;3-5,16-17H,1-2,6-12H2;3*1H/t23?,24-;17?,18-;16-,17?;;;/m001.../s1. The molecule has 3 heterocycles. The SMILES string of the molecule is Cl.Cl.Cl.Clc1cccc(Cl)c1CCOC1CCCC[C@H]1N1CCSC1.O=C1CCN(C2CCCC[C@@H]2OCC(c2ccccc2)c2ccccc2)C1.O=C1CCN(C2CCCC[C@@H]2OCCc2c(Cl)cccc2Cl)C1. The number of Topliss-reactive ketones (excluding diaryl/α,β-unsaturated/α-hetero) is 2. The van der Waals surface area contributed by atoms with E-state index in [4.69, 9.17) is 60.6 Å². The molecule has 3 saturated carbocycles. The third kappa shape index (κ3) is 19.0. The van der Waals surface area contributed by atoms with Gasteiger partial charge in [0.2, 0.25) is 0 Å². The van der Waals surface area contributed by atoms with Crippen molar-refractivity contribution in [2.75, 3.05) is 64.2 Å². The van der Waals surface area contributed by atoms with Crippen molar-refractivity contribution in [2.45, 2.75) is 145 Å². The number of carbonyl (C=O) groups is 2. The minimum atomic E-state index is 0. The zero-order valence-electron chi connectivity index (χ0n) is 43.2. The molecule has 0 aromatic heterocycles. The summed E-state index contributed by atoms with van der Waals surface area (Å²) in [4.78, 5) is 30.6. The average molecular weight is 1190 g/mol. The maximum atomic E-state index is 11.8. The summed E-state index contributed by atoms with van der Waals surface area (Å²) in [5.41, 5.74) is 4.56. The Balaban J connectivity index is 0.000000205. The van der Waals surface area contributed by atoms with Gasteiger partial charge >= 0.3 is 0 Å². The predicted molar refractivity (Wildman–Crippen MR) is 319 cm³/mol. The Bertz CT molecular complexity index is 2220. The summed E-state index contributed by atoms with van der Waals surface area (Å²) in [6.45, 7) is 6.23. The largest absolute Gasteiger partial charge is 0.376 e. The summed E-state index contributed by atoms with van der Waals surface area (Å²) < 4.78 is 19.0. The number of ketones is 2. The van der Waals surface area contributed by atoms with E-state index in [1.807, 2.05) is 48.2 Å². The van der Waals surface area contributed by atoms with Crippen LogP contribution in [-0.4, -0.2) is 127 Å². The smallest absolute Gasteiger partial charge is 0.148 e. The number of nitrogens with zero attached hydrogens (tertiary/aromatic N) is 3. The fourth-order valence-electron chi connectivity index (χ4n) is 11.8. The second kappa shape index (κ2) is 33.8. The number of halogens is 7. The molecule has 0 amide bonds. The third-order valence-electron chi connectivity index (χ3n) is 15.7. The van der Waals surface area contributed by atoms with Gasteiger partial charge in [-0.1, -0.05) is 158 Å².